The van der Waals surface area contributed by atoms with Gasteiger partial charge in [0, 0.05) is 36.8 Å². The molecule has 3 heterocycles. The Morgan fingerprint density at radius 3 is 2.81 bits per heavy atom. The van der Waals surface area contributed by atoms with Crippen molar-refractivity contribution in [2.75, 3.05) is 6.79 Å². The Hall–Kier alpha value is -3.67. The zero-order valence-corrected chi connectivity index (χ0v) is 14.5. The number of hydrogen-bond donors (Lipinski definition) is 1. The molecule has 1 aromatic carbocycles. The van der Waals surface area contributed by atoms with Gasteiger partial charge in [0.25, 0.3) is 0 Å². The number of amides is 1. The Morgan fingerprint density at radius 1 is 1.07 bits per heavy atom. The lowest BCUT2D eigenvalue weighted by Crippen LogP contribution is -2.20. The van der Waals surface area contributed by atoms with E-state index in [0.29, 0.717) is 12.3 Å². The van der Waals surface area contributed by atoms with E-state index in [1.165, 1.54) is 6.08 Å². The molecule has 27 heavy (non-hydrogen) atoms. The van der Waals surface area contributed by atoms with Gasteiger partial charge in [0.1, 0.15) is 0 Å². The molecule has 0 saturated carbocycles. The van der Waals surface area contributed by atoms with E-state index < -0.39 is 0 Å². The number of carbonyl (C=O) groups excluding carboxylic acids is 1. The van der Waals surface area contributed by atoms with Crippen molar-refractivity contribution < 1.29 is 14.3 Å². The molecule has 1 N–H and O–H groups in total. The number of fused-ring (bicyclic) bond motifs is 1. The molecule has 134 valence electrons. The maximum Gasteiger partial charge on any atom is 0.244 e. The topological polar surface area (TPSA) is 73.3 Å². The van der Waals surface area contributed by atoms with Crippen LogP contribution in [0.5, 0.6) is 11.5 Å². The summed E-state index contributed by atoms with van der Waals surface area (Å²) in [6.07, 6.45) is 8.42. The van der Waals surface area contributed by atoms with E-state index in [1.54, 1.807) is 24.7 Å². The molecule has 0 fully saturated rings. The molecular weight excluding hydrogens is 342 g/mol. The van der Waals surface area contributed by atoms with Crippen molar-refractivity contribution >= 4 is 12.0 Å². The number of rotatable bonds is 5. The Kier molecular flexibility index (Phi) is 4.78. The van der Waals surface area contributed by atoms with E-state index in [0.717, 1.165) is 28.1 Å². The lowest BCUT2D eigenvalue weighted by atomic mass is 10.1. The monoisotopic (exact) mass is 359 g/mol. The van der Waals surface area contributed by atoms with Crippen LogP contribution in [0.1, 0.15) is 11.1 Å². The SMILES string of the molecule is O=C(/C=C/c1ccc2c(c1)OCO2)NCc1cccnc1-c1ccncc1. The second-order valence-electron chi connectivity index (χ2n) is 5.91. The quantitative estimate of drug-likeness (QED) is 0.708. The average molecular weight is 359 g/mol. The number of hydrogen-bond acceptors (Lipinski definition) is 5. The van der Waals surface area contributed by atoms with Crippen molar-refractivity contribution in [1.82, 2.24) is 15.3 Å². The second-order valence-corrected chi connectivity index (χ2v) is 5.91. The van der Waals surface area contributed by atoms with Crippen LogP contribution in [0.25, 0.3) is 17.3 Å². The number of benzene rings is 1. The van der Waals surface area contributed by atoms with Gasteiger partial charge in [0.15, 0.2) is 11.5 Å². The first-order valence-corrected chi connectivity index (χ1v) is 8.49. The predicted molar refractivity (Wildman–Crippen MR) is 101 cm³/mol. The van der Waals surface area contributed by atoms with Gasteiger partial charge in [0.05, 0.1) is 5.69 Å². The summed E-state index contributed by atoms with van der Waals surface area (Å²) in [6, 6.07) is 13.1. The molecule has 0 radical (unpaired) electrons. The molecule has 0 atom stereocenters. The van der Waals surface area contributed by atoms with Crippen LogP contribution in [0, 0.1) is 0 Å². The molecular formula is C21H17N3O3. The molecule has 6 heteroatoms. The Labute approximate surface area is 156 Å². The first-order chi connectivity index (χ1) is 13.3. The number of nitrogens with one attached hydrogen (secondary N) is 1. The second kappa shape index (κ2) is 7.70. The Bertz CT molecular complexity index is 987. The van der Waals surface area contributed by atoms with Gasteiger partial charge in [-0.3, -0.25) is 14.8 Å². The fourth-order valence-corrected chi connectivity index (χ4v) is 2.78. The lowest BCUT2D eigenvalue weighted by molar-refractivity contribution is -0.116. The van der Waals surface area contributed by atoms with Crippen molar-refractivity contribution in [3.8, 4) is 22.8 Å². The molecule has 4 rings (SSSR count). The van der Waals surface area contributed by atoms with Crippen LogP contribution in [0.3, 0.4) is 0 Å². The highest BCUT2D eigenvalue weighted by Gasteiger charge is 2.12. The smallest absolute Gasteiger partial charge is 0.244 e. The molecule has 0 saturated heterocycles. The Morgan fingerprint density at radius 2 is 1.93 bits per heavy atom. The van der Waals surface area contributed by atoms with Gasteiger partial charge >= 0.3 is 0 Å². The number of nitrogens with zero attached hydrogens (tertiary/aromatic N) is 2. The summed E-state index contributed by atoms with van der Waals surface area (Å²) in [6.45, 7) is 0.615. The van der Waals surface area contributed by atoms with Crippen LogP contribution in [-0.4, -0.2) is 22.7 Å². The van der Waals surface area contributed by atoms with Gasteiger partial charge in [0.2, 0.25) is 12.7 Å². The molecule has 2 aromatic heterocycles. The predicted octanol–water partition coefficient (Wildman–Crippen LogP) is 3.20. The minimum Gasteiger partial charge on any atom is -0.454 e. The third-order valence-corrected chi connectivity index (χ3v) is 4.12. The summed E-state index contributed by atoms with van der Waals surface area (Å²) in [5.41, 5.74) is 3.60. The van der Waals surface area contributed by atoms with Crippen molar-refractivity contribution in [1.29, 1.82) is 0 Å². The van der Waals surface area contributed by atoms with E-state index in [9.17, 15) is 4.79 Å². The molecule has 1 aliphatic rings. The number of aromatic nitrogens is 2. The number of ether oxygens (including phenoxy) is 2. The normalized spacial score (nSPS) is 12.3. The fourth-order valence-electron chi connectivity index (χ4n) is 2.78. The molecule has 0 aliphatic carbocycles. The zero-order chi connectivity index (χ0) is 18.5. The largest absolute Gasteiger partial charge is 0.454 e. The van der Waals surface area contributed by atoms with Gasteiger partial charge in [-0.1, -0.05) is 12.1 Å². The van der Waals surface area contributed by atoms with E-state index in [2.05, 4.69) is 15.3 Å². The third-order valence-electron chi connectivity index (χ3n) is 4.12. The summed E-state index contributed by atoms with van der Waals surface area (Å²) >= 11 is 0. The summed E-state index contributed by atoms with van der Waals surface area (Å²) in [7, 11) is 0. The van der Waals surface area contributed by atoms with Crippen LogP contribution in [-0.2, 0) is 11.3 Å². The molecule has 6 nitrogen and oxygen atoms in total. The van der Waals surface area contributed by atoms with E-state index in [1.807, 2.05) is 42.5 Å². The van der Waals surface area contributed by atoms with Gasteiger partial charge in [-0.2, -0.15) is 0 Å². The Balaban J connectivity index is 1.41. The van der Waals surface area contributed by atoms with Crippen molar-refractivity contribution in [3.63, 3.8) is 0 Å². The standard InChI is InChI=1S/C21H17N3O3/c25-20(6-4-15-3-5-18-19(12-15)27-14-26-18)24-13-17-2-1-9-23-21(17)16-7-10-22-11-8-16/h1-12H,13-14H2,(H,24,25)/b6-4+. The average Bonchev–Trinajstić information content (AvgIpc) is 3.19. The summed E-state index contributed by atoms with van der Waals surface area (Å²) < 4.78 is 10.6. The minimum atomic E-state index is -0.183. The molecule has 0 bridgehead atoms. The van der Waals surface area contributed by atoms with Crippen LogP contribution in [0.15, 0.2) is 67.1 Å². The molecule has 0 unspecified atom stereocenters. The van der Waals surface area contributed by atoms with Crippen molar-refractivity contribution in [2.24, 2.45) is 0 Å². The molecule has 0 spiro atoms. The van der Waals surface area contributed by atoms with E-state index in [4.69, 9.17) is 9.47 Å². The molecule has 1 amide bonds. The number of carbonyl (C=O) groups is 1. The van der Waals surface area contributed by atoms with Gasteiger partial charge in [-0.05, 0) is 47.5 Å². The van der Waals surface area contributed by atoms with Gasteiger partial charge in [-0.25, -0.2) is 0 Å². The summed E-state index contributed by atoms with van der Waals surface area (Å²) in [5, 5.41) is 2.89. The highest BCUT2D eigenvalue weighted by Crippen LogP contribution is 2.32. The molecule has 1 aliphatic heterocycles. The minimum absolute atomic E-state index is 0.183. The third kappa shape index (κ3) is 3.95. The lowest BCUT2D eigenvalue weighted by Gasteiger charge is -2.08. The zero-order valence-electron chi connectivity index (χ0n) is 14.5. The molecule has 3 aromatic rings. The van der Waals surface area contributed by atoms with Crippen molar-refractivity contribution in [3.05, 3.63) is 78.3 Å². The van der Waals surface area contributed by atoms with Gasteiger partial charge < -0.3 is 14.8 Å². The summed E-state index contributed by atoms with van der Waals surface area (Å²) in [5.74, 6) is 1.23. The fraction of sp³-hybridized carbons (Fsp3) is 0.0952. The highest BCUT2D eigenvalue weighted by molar-refractivity contribution is 5.91. The summed E-state index contributed by atoms with van der Waals surface area (Å²) in [4.78, 5) is 20.6. The maximum absolute atomic E-state index is 12.2. The first-order valence-electron chi connectivity index (χ1n) is 8.49. The first kappa shape index (κ1) is 16.8. The van der Waals surface area contributed by atoms with Crippen LogP contribution >= 0.6 is 0 Å². The number of pyridine rings is 2. The van der Waals surface area contributed by atoms with Crippen LogP contribution < -0.4 is 14.8 Å². The van der Waals surface area contributed by atoms with E-state index >= 15 is 0 Å². The van der Waals surface area contributed by atoms with Gasteiger partial charge in [-0.15, -0.1) is 0 Å². The highest BCUT2D eigenvalue weighted by atomic mass is 16.7. The van der Waals surface area contributed by atoms with Crippen LogP contribution in [0.4, 0.5) is 0 Å². The van der Waals surface area contributed by atoms with E-state index in [-0.39, 0.29) is 12.7 Å². The maximum atomic E-state index is 12.2. The van der Waals surface area contributed by atoms with Crippen LogP contribution in [0.2, 0.25) is 0 Å². The van der Waals surface area contributed by atoms with Crippen molar-refractivity contribution in [2.45, 2.75) is 6.54 Å².